The minimum absolute atomic E-state index is 0.00553. The van der Waals surface area contributed by atoms with Gasteiger partial charge in [0.05, 0.1) is 15.5 Å². The summed E-state index contributed by atoms with van der Waals surface area (Å²) in [6, 6.07) is 10.7. The van der Waals surface area contributed by atoms with Crippen LogP contribution in [0.1, 0.15) is 10.4 Å². The smallest absolute Gasteiger partial charge is 0.339 e. The summed E-state index contributed by atoms with van der Waals surface area (Å²) in [5, 5.41) is 0.650. The Labute approximate surface area is 150 Å². The zero-order chi connectivity index (χ0) is 17.7. The molecule has 0 heterocycles. The van der Waals surface area contributed by atoms with Crippen molar-refractivity contribution in [2.45, 2.75) is 4.90 Å². The van der Waals surface area contributed by atoms with Gasteiger partial charge in [0, 0.05) is 11.3 Å². The molecule has 0 fully saturated rings. The predicted molar refractivity (Wildman–Crippen MR) is 91.8 cm³/mol. The Morgan fingerprint density at radius 2 is 1.83 bits per heavy atom. The van der Waals surface area contributed by atoms with E-state index in [2.05, 4.69) is 0 Å². The van der Waals surface area contributed by atoms with Gasteiger partial charge in [-0.15, -0.1) is 0 Å². The van der Waals surface area contributed by atoms with Crippen LogP contribution in [0.15, 0.2) is 47.4 Å². The highest BCUT2D eigenvalue weighted by Gasteiger charge is 2.16. The molecular formula is C16H14Cl2O5S. The Bertz CT molecular complexity index is 849. The number of sulfone groups is 1. The number of carbonyl (C=O) groups is 1. The molecule has 128 valence electrons. The summed E-state index contributed by atoms with van der Waals surface area (Å²) in [7, 11) is -3.44. The molecule has 0 aromatic heterocycles. The Morgan fingerprint density at radius 1 is 1.08 bits per heavy atom. The second-order valence-corrected chi connectivity index (χ2v) is 7.71. The number of benzene rings is 2. The van der Waals surface area contributed by atoms with Crippen LogP contribution in [-0.4, -0.2) is 33.9 Å². The van der Waals surface area contributed by atoms with Crippen LogP contribution < -0.4 is 4.74 Å². The Morgan fingerprint density at radius 3 is 2.50 bits per heavy atom. The molecule has 2 aromatic carbocycles. The summed E-state index contributed by atoms with van der Waals surface area (Å²) in [5.74, 6) is -0.171. The van der Waals surface area contributed by atoms with Gasteiger partial charge in [-0.1, -0.05) is 29.3 Å². The number of carbonyl (C=O) groups excluding carboxylic acids is 1. The topological polar surface area (TPSA) is 69.7 Å². The fourth-order valence-electron chi connectivity index (χ4n) is 1.82. The van der Waals surface area contributed by atoms with Crippen molar-refractivity contribution in [1.82, 2.24) is 0 Å². The van der Waals surface area contributed by atoms with Crippen molar-refractivity contribution in [2.24, 2.45) is 0 Å². The lowest BCUT2D eigenvalue weighted by atomic mass is 10.2. The van der Waals surface area contributed by atoms with Gasteiger partial charge in [0.1, 0.15) is 19.0 Å². The lowest BCUT2D eigenvalue weighted by molar-refractivity contribution is 0.0450. The Kier molecular flexibility index (Phi) is 6.10. The maximum absolute atomic E-state index is 12.0. The van der Waals surface area contributed by atoms with Gasteiger partial charge >= 0.3 is 5.97 Å². The summed E-state index contributed by atoms with van der Waals surface area (Å²) in [6.45, 7) is 0.0975. The zero-order valence-corrected chi connectivity index (χ0v) is 15.0. The van der Waals surface area contributed by atoms with E-state index in [1.165, 1.54) is 18.2 Å². The standard InChI is InChI=1S/C16H14Cl2O5S/c1-24(20,21)13-5-6-15(18)14(10-13)16(19)23-8-7-22-12-4-2-3-11(17)9-12/h2-6,9-10H,7-8H2,1H3. The molecule has 8 heteroatoms. The van der Waals surface area contributed by atoms with E-state index in [1.54, 1.807) is 24.3 Å². The van der Waals surface area contributed by atoms with Crippen LogP contribution >= 0.6 is 23.2 Å². The fraction of sp³-hybridized carbons (Fsp3) is 0.188. The van der Waals surface area contributed by atoms with Crippen molar-refractivity contribution in [3.8, 4) is 5.75 Å². The molecule has 0 aliphatic carbocycles. The highest BCUT2D eigenvalue weighted by molar-refractivity contribution is 7.90. The number of rotatable bonds is 6. The summed E-state index contributed by atoms with van der Waals surface area (Å²) in [4.78, 5) is 12.0. The molecule has 2 aromatic rings. The minimum atomic E-state index is -3.44. The Hall–Kier alpha value is -1.76. The molecule has 0 unspecified atom stereocenters. The number of ether oxygens (including phenoxy) is 2. The van der Waals surface area contributed by atoms with Gasteiger partial charge in [-0.05, 0) is 36.4 Å². The van der Waals surface area contributed by atoms with Gasteiger partial charge < -0.3 is 9.47 Å². The maximum Gasteiger partial charge on any atom is 0.339 e. The Balaban J connectivity index is 1.95. The second-order valence-electron chi connectivity index (χ2n) is 4.86. The predicted octanol–water partition coefficient (Wildman–Crippen LogP) is 3.63. The lowest BCUT2D eigenvalue weighted by Crippen LogP contribution is -2.13. The first kappa shape index (κ1) is 18.6. The van der Waals surface area contributed by atoms with Crippen LogP contribution in [0.5, 0.6) is 5.75 Å². The molecule has 0 aliphatic rings. The maximum atomic E-state index is 12.0. The van der Waals surface area contributed by atoms with E-state index in [0.717, 1.165) is 6.26 Å². The van der Waals surface area contributed by atoms with Crippen molar-refractivity contribution in [1.29, 1.82) is 0 Å². The molecule has 0 saturated heterocycles. The molecule has 0 aliphatic heterocycles. The highest BCUT2D eigenvalue weighted by Crippen LogP contribution is 2.21. The van der Waals surface area contributed by atoms with Gasteiger partial charge in [0.25, 0.3) is 0 Å². The van der Waals surface area contributed by atoms with Crippen molar-refractivity contribution in [2.75, 3.05) is 19.5 Å². The first-order valence-electron chi connectivity index (χ1n) is 6.82. The van der Waals surface area contributed by atoms with Gasteiger partial charge in [0.15, 0.2) is 9.84 Å². The van der Waals surface area contributed by atoms with Crippen molar-refractivity contribution in [3.05, 3.63) is 58.1 Å². The van der Waals surface area contributed by atoms with Crippen LogP contribution in [0.4, 0.5) is 0 Å². The summed E-state index contributed by atoms with van der Waals surface area (Å²) < 4.78 is 33.5. The zero-order valence-electron chi connectivity index (χ0n) is 12.7. The van der Waals surface area contributed by atoms with Crippen LogP contribution in [0, 0.1) is 0 Å². The number of hydrogen-bond donors (Lipinski definition) is 0. The molecule has 0 spiro atoms. The molecule has 0 N–H and O–H groups in total. The first-order chi connectivity index (χ1) is 11.3. The van der Waals surface area contributed by atoms with E-state index in [4.69, 9.17) is 32.7 Å². The van der Waals surface area contributed by atoms with E-state index >= 15 is 0 Å². The third-order valence-electron chi connectivity index (χ3n) is 2.97. The SMILES string of the molecule is CS(=O)(=O)c1ccc(Cl)c(C(=O)OCCOc2cccc(Cl)c2)c1. The monoisotopic (exact) mass is 388 g/mol. The van der Waals surface area contributed by atoms with Crippen molar-refractivity contribution >= 4 is 39.0 Å². The molecule has 0 radical (unpaired) electrons. The second kappa shape index (κ2) is 7.88. The van der Waals surface area contributed by atoms with Crippen molar-refractivity contribution in [3.63, 3.8) is 0 Å². The van der Waals surface area contributed by atoms with Crippen LogP contribution in [0.3, 0.4) is 0 Å². The molecule has 0 bridgehead atoms. The summed E-state index contributed by atoms with van der Waals surface area (Å²) in [5.41, 5.74) is -0.0117. The molecule has 24 heavy (non-hydrogen) atoms. The van der Waals surface area contributed by atoms with E-state index in [1.807, 2.05) is 0 Å². The molecular weight excluding hydrogens is 375 g/mol. The van der Waals surface area contributed by atoms with Gasteiger partial charge in [-0.2, -0.15) is 0 Å². The third kappa shape index (κ3) is 5.12. The minimum Gasteiger partial charge on any atom is -0.490 e. The van der Waals surface area contributed by atoms with Gasteiger partial charge in [-0.3, -0.25) is 0 Å². The molecule has 5 nitrogen and oxygen atoms in total. The van der Waals surface area contributed by atoms with Gasteiger partial charge in [0.2, 0.25) is 0 Å². The number of halogens is 2. The van der Waals surface area contributed by atoms with Crippen molar-refractivity contribution < 1.29 is 22.7 Å². The molecule has 0 saturated carbocycles. The average molecular weight is 389 g/mol. The normalized spacial score (nSPS) is 11.1. The number of hydrogen-bond acceptors (Lipinski definition) is 5. The quantitative estimate of drug-likeness (QED) is 0.558. The molecule has 0 amide bonds. The summed E-state index contributed by atoms with van der Waals surface area (Å²) >= 11 is 11.8. The van der Waals surface area contributed by atoms with Gasteiger partial charge in [-0.25, -0.2) is 13.2 Å². The average Bonchev–Trinajstić information content (AvgIpc) is 2.50. The molecule has 0 atom stereocenters. The largest absolute Gasteiger partial charge is 0.490 e. The van der Waals surface area contributed by atoms with E-state index in [-0.39, 0.29) is 28.7 Å². The number of esters is 1. The molecule has 2 rings (SSSR count). The van der Waals surface area contributed by atoms with Crippen LogP contribution in [0.2, 0.25) is 10.0 Å². The van der Waals surface area contributed by atoms with Crippen LogP contribution in [0.25, 0.3) is 0 Å². The van der Waals surface area contributed by atoms with E-state index < -0.39 is 15.8 Å². The third-order valence-corrected chi connectivity index (χ3v) is 4.64. The highest BCUT2D eigenvalue weighted by atomic mass is 35.5. The van der Waals surface area contributed by atoms with E-state index in [0.29, 0.717) is 10.8 Å². The lowest BCUT2D eigenvalue weighted by Gasteiger charge is -2.09. The summed E-state index contributed by atoms with van der Waals surface area (Å²) in [6.07, 6.45) is 1.05. The fourth-order valence-corrected chi connectivity index (χ4v) is 2.84. The first-order valence-corrected chi connectivity index (χ1v) is 9.47. The van der Waals surface area contributed by atoms with E-state index in [9.17, 15) is 13.2 Å². The van der Waals surface area contributed by atoms with Crippen LogP contribution in [-0.2, 0) is 14.6 Å².